The van der Waals surface area contributed by atoms with Crippen molar-refractivity contribution in [3.05, 3.63) is 71.8 Å². The fourth-order valence-electron chi connectivity index (χ4n) is 3.17. The molecule has 0 aliphatic heterocycles. The molecule has 1 N–H and O–H groups in total. The lowest BCUT2D eigenvalue weighted by molar-refractivity contribution is -0.874. The van der Waals surface area contributed by atoms with Gasteiger partial charge in [-0.1, -0.05) is 67.6 Å². The van der Waals surface area contributed by atoms with Crippen LogP contribution in [0.4, 0.5) is 0 Å². The van der Waals surface area contributed by atoms with Crippen LogP contribution < -0.4 is 0 Å². The quantitative estimate of drug-likeness (QED) is 0.810. The Hall–Kier alpha value is -1.64. The summed E-state index contributed by atoms with van der Waals surface area (Å²) in [5.41, 5.74) is 1.32. The summed E-state index contributed by atoms with van der Waals surface area (Å²) < 4.78 is 0.838. The molecule has 118 valence electrons. The van der Waals surface area contributed by atoms with E-state index in [-0.39, 0.29) is 5.92 Å². The normalized spacial score (nSPS) is 16.0. The molecular weight excluding hydrogens is 270 g/mol. The summed E-state index contributed by atoms with van der Waals surface area (Å²) in [4.78, 5) is 0. The number of quaternary nitrogens is 1. The maximum Gasteiger partial charge on any atom is 0.102 e. The highest BCUT2D eigenvalue weighted by molar-refractivity contribution is 5.27. The van der Waals surface area contributed by atoms with Crippen molar-refractivity contribution in [2.24, 2.45) is 5.92 Å². The SMILES string of the molecule is CC(C[N+](C)(C)C)C(O)(Cc1ccccc1)c1ccccc1. The van der Waals surface area contributed by atoms with Crippen molar-refractivity contribution in [2.45, 2.75) is 18.9 Å². The van der Waals surface area contributed by atoms with Crippen LogP contribution in [-0.4, -0.2) is 37.3 Å². The average Bonchev–Trinajstić information content (AvgIpc) is 2.47. The minimum absolute atomic E-state index is 0.148. The van der Waals surface area contributed by atoms with Gasteiger partial charge in [0.2, 0.25) is 0 Å². The van der Waals surface area contributed by atoms with E-state index in [0.717, 1.165) is 16.6 Å². The summed E-state index contributed by atoms with van der Waals surface area (Å²) in [6.45, 7) is 3.07. The molecule has 2 nitrogen and oxygen atoms in total. The molecule has 2 heteroatoms. The molecule has 0 radical (unpaired) electrons. The summed E-state index contributed by atoms with van der Waals surface area (Å²) in [5.74, 6) is 0.148. The van der Waals surface area contributed by atoms with Gasteiger partial charge in [0.1, 0.15) is 5.60 Å². The van der Waals surface area contributed by atoms with Crippen LogP contribution >= 0.6 is 0 Å². The minimum Gasteiger partial charge on any atom is -0.384 e. The first kappa shape index (κ1) is 16.7. The van der Waals surface area contributed by atoms with E-state index in [1.165, 1.54) is 5.56 Å². The Morgan fingerprint density at radius 1 is 0.909 bits per heavy atom. The molecule has 0 heterocycles. The fourth-order valence-corrected chi connectivity index (χ4v) is 3.17. The number of hydrogen-bond donors (Lipinski definition) is 1. The zero-order valence-electron chi connectivity index (χ0n) is 14.2. The lowest BCUT2D eigenvalue weighted by Gasteiger charge is -2.38. The molecule has 0 fully saturated rings. The number of rotatable bonds is 6. The minimum atomic E-state index is -0.853. The van der Waals surface area contributed by atoms with Crippen LogP contribution in [0.2, 0.25) is 0 Å². The summed E-state index contributed by atoms with van der Waals surface area (Å²) >= 11 is 0. The second-order valence-electron chi connectivity index (χ2n) is 7.33. The molecule has 2 unspecified atom stereocenters. The van der Waals surface area contributed by atoms with Crippen LogP contribution in [0, 0.1) is 5.92 Å². The van der Waals surface area contributed by atoms with Crippen molar-refractivity contribution in [1.29, 1.82) is 0 Å². The zero-order chi connectivity index (χ0) is 16.2. The van der Waals surface area contributed by atoms with E-state index in [2.05, 4.69) is 40.2 Å². The first-order chi connectivity index (χ1) is 10.3. The van der Waals surface area contributed by atoms with E-state index in [9.17, 15) is 5.11 Å². The van der Waals surface area contributed by atoms with Crippen molar-refractivity contribution < 1.29 is 9.59 Å². The van der Waals surface area contributed by atoms with Crippen molar-refractivity contribution in [3.63, 3.8) is 0 Å². The average molecular weight is 298 g/mol. The second kappa shape index (κ2) is 6.64. The Labute approximate surface area is 134 Å². The molecule has 2 rings (SSSR count). The molecule has 2 aromatic rings. The van der Waals surface area contributed by atoms with Gasteiger partial charge >= 0.3 is 0 Å². The molecule has 0 bridgehead atoms. The summed E-state index contributed by atoms with van der Waals surface area (Å²) in [7, 11) is 6.51. The van der Waals surface area contributed by atoms with E-state index in [1.807, 2.05) is 48.5 Å². The van der Waals surface area contributed by atoms with E-state index in [1.54, 1.807) is 0 Å². The number of aliphatic hydroxyl groups is 1. The van der Waals surface area contributed by atoms with Crippen molar-refractivity contribution in [1.82, 2.24) is 0 Å². The van der Waals surface area contributed by atoms with Gasteiger partial charge in [0.15, 0.2) is 0 Å². The van der Waals surface area contributed by atoms with E-state index >= 15 is 0 Å². The van der Waals surface area contributed by atoms with Crippen LogP contribution in [0.3, 0.4) is 0 Å². The Bertz CT molecular complexity index is 574. The van der Waals surface area contributed by atoms with Crippen LogP contribution in [0.5, 0.6) is 0 Å². The van der Waals surface area contributed by atoms with Gasteiger partial charge in [0.05, 0.1) is 27.7 Å². The van der Waals surface area contributed by atoms with Gasteiger partial charge in [-0.15, -0.1) is 0 Å². The van der Waals surface area contributed by atoms with E-state index < -0.39 is 5.60 Å². The van der Waals surface area contributed by atoms with Crippen LogP contribution in [-0.2, 0) is 12.0 Å². The predicted octanol–water partition coefficient (Wildman–Crippen LogP) is 3.46. The zero-order valence-corrected chi connectivity index (χ0v) is 14.2. The molecule has 0 saturated carbocycles. The Balaban J connectivity index is 2.36. The Kier molecular flexibility index (Phi) is 5.05. The topological polar surface area (TPSA) is 20.2 Å². The number of benzene rings is 2. The van der Waals surface area contributed by atoms with Crippen LogP contribution in [0.15, 0.2) is 60.7 Å². The van der Waals surface area contributed by atoms with Gasteiger partial charge in [-0.05, 0) is 11.1 Å². The highest BCUT2D eigenvalue weighted by Crippen LogP contribution is 2.34. The lowest BCUT2D eigenvalue weighted by Crippen LogP contribution is -2.47. The molecule has 0 saturated heterocycles. The molecule has 0 aromatic heterocycles. The molecule has 2 atom stereocenters. The van der Waals surface area contributed by atoms with Crippen molar-refractivity contribution in [2.75, 3.05) is 27.7 Å². The summed E-state index contributed by atoms with van der Waals surface area (Å²) in [5, 5.41) is 11.6. The van der Waals surface area contributed by atoms with Gasteiger partial charge in [0.25, 0.3) is 0 Å². The molecule has 2 aromatic carbocycles. The smallest absolute Gasteiger partial charge is 0.102 e. The van der Waals surface area contributed by atoms with Gasteiger partial charge in [-0.2, -0.15) is 0 Å². The fraction of sp³-hybridized carbons (Fsp3) is 0.400. The van der Waals surface area contributed by atoms with Crippen LogP contribution in [0.25, 0.3) is 0 Å². The molecule has 0 spiro atoms. The maximum absolute atomic E-state index is 11.6. The largest absolute Gasteiger partial charge is 0.384 e. The van der Waals surface area contributed by atoms with E-state index in [4.69, 9.17) is 0 Å². The van der Waals surface area contributed by atoms with E-state index in [0.29, 0.717) is 6.42 Å². The molecular formula is C20H28NO+. The summed E-state index contributed by atoms with van der Waals surface area (Å²) in [6, 6.07) is 20.3. The highest BCUT2D eigenvalue weighted by atomic mass is 16.3. The van der Waals surface area contributed by atoms with Crippen molar-refractivity contribution in [3.8, 4) is 0 Å². The van der Waals surface area contributed by atoms with Gasteiger partial charge in [-0.3, -0.25) is 0 Å². The maximum atomic E-state index is 11.6. The third kappa shape index (κ3) is 4.19. The number of hydrogen-bond acceptors (Lipinski definition) is 1. The molecule has 0 aliphatic rings. The monoisotopic (exact) mass is 298 g/mol. The van der Waals surface area contributed by atoms with Crippen molar-refractivity contribution >= 4 is 0 Å². The van der Waals surface area contributed by atoms with Crippen LogP contribution in [0.1, 0.15) is 18.1 Å². The van der Waals surface area contributed by atoms with Gasteiger partial charge in [-0.25, -0.2) is 0 Å². The van der Waals surface area contributed by atoms with Gasteiger partial charge < -0.3 is 9.59 Å². The lowest BCUT2D eigenvalue weighted by atomic mass is 9.77. The first-order valence-electron chi connectivity index (χ1n) is 7.93. The Morgan fingerprint density at radius 2 is 1.41 bits per heavy atom. The standard InChI is InChI=1S/C20H28NO/c1-17(16-21(2,3)4)20(22,19-13-9-6-10-14-19)15-18-11-7-5-8-12-18/h5-14,17,22H,15-16H2,1-4H3/q+1. The first-order valence-corrected chi connectivity index (χ1v) is 7.93. The Morgan fingerprint density at radius 3 is 1.91 bits per heavy atom. The molecule has 22 heavy (non-hydrogen) atoms. The second-order valence-corrected chi connectivity index (χ2v) is 7.33. The highest BCUT2D eigenvalue weighted by Gasteiger charge is 2.38. The molecule has 0 amide bonds. The third-order valence-electron chi connectivity index (χ3n) is 4.23. The third-order valence-corrected chi connectivity index (χ3v) is 4.23. The predicted molar refractivity (Wildman–Crippen MR) is 92.5 cm³/mol. The number of nitrogens with zero attached hydrogens (tertiary/aromatic N) is 1. The summed E-state index contributed by atoms with van der Waals surface area (Å²) in [6.07, 6.45) is 0.638. The molecule has 0 aliphatic carbocycles. The van der Waals surface area contributed by atoms with Gasteiger partial charge in [0, 0.05) is 12.3 Å².